The highest BCUT2D eigenvalue weighted by atomic mass is 16.6. The van der Waals surface area contributed by atoms with E-state index < -0.39 is 11.6 Å². The van der Waals surface area contributed by atoms with Gasteiger partial charge in [-0.1, -0.05) is 30.2 Å². The summed E-state index contributed by atoms with van der Waals surface area (Å²) in [5, 5.41) is 14.6. The summed E-state index contributed by atoms with van der Waals surface area (Å²) in [6, 6.07) is 8.97. The van der Waals surface area contributed by atoms with Crippen LogP contribution in [0.4, 0.5) is 5.95 Å². The number of tetrazole rings is 1. The molecule has 2 rings (SSSR count). The van der Waals surface area contributed by atoms with Gasteiger partial charge in [0, 0.05) is 0 Å². The maximum atomic E-state index is 12.2. The minimum atomic E-state index is -0.530. The molecule has 1 atom stereocenters. The van der Waals surface area contributed by atoms with Crippen LogP contribution in [0.2, 0.25) is 0 Å². The van der Waals surface area contributed by atoms with Gasteiger partial charge in [-0.05, 0) is 49.8 Å². The van der Waals surface area contributed by atoms with Crippen LogP contribution in [-0.4, -0.2) is 37.8 Å². The third kappa shape index (κ3) is 4.03. The van der Waals surface area contributed by atoms with E-state index in [1.807, 2.05) is 58.0 Å². The highest BCUT2D eigenvalue weighted by molar-refractivity contribution is 5.79. The minimum Gasteiger partial charge on any atom is -0.458 e. The summed E-state index contributed by atoms with van der Waals surface area (Å²) in [4.78, 5) is 12.2. The Kier molecular flexibility index (Phi) is 4.75. The molecule has 7 nitrogen and oxygen atoms in total. The highest BCUT2D eigenvalue weighted by Gasteiger charge is 2.25. The number of nitrogens with one attached hydrogen (secondary N) is 1. The Morgan fingerprint density at radius 1 is 1.32 bits per heavy atom. The van der Waals surface area contributed by atoms with Gasteiger partial charge in [0.1, 0.15) is 11.6 Å². The number of carbonyl (C=O) groups is 1. The van der Waals surface area contributed by atoms with Crippen LogP contribution in [0.5, 0.6) is 0 Å². The lowest BCUT2D eigenvalue weighted by atomic mass is 10.1. The third-order valence-corrected chi connectivity index (χ3v) is 2.87. The number of para-hydroxylation sites is 1. The zero-order chi connectivity index (χ0) is 16.2. The molecule has 0 aliphatic heterocycles. The van der Waals surface area contributed by atoms with Gasteiger partial charge in [-0.3, -0.25) is 0 Å². The van der Waals surface area contributed by atoms with Crippen molar-refractivity contribution in [1.82, 2.24) is 20.2 Å². The first kappa shape index (κ1) is 15.9. The van der Waals surface area contributed by atoms with Crippen molar-refractivity contribution in [1.29, 1.82) is 0 Å². The molecular weight excluding hydrogens is 282 g/mol. The molecule has 2 aromatic rings. The van der Waals surface area contributed by atoms with Gasteiger partial charge in [0.2, 0.25) is 5.95 Å². The Bertz CT molecular complexity index is 618. The van der Waals surface area contributed by atoms with E-state index in [1.54, 1.807) is 4.68 Å². The molecule has 1 N–H and O–H groups in total. The van der Waals surface area contributed by atoms with Crippen molar-refractivity contribution in [3.05, 3.63) is 30.3 Å². The average Bonchev–Trinajstić information content (AvgIpc) is 2.91. The van der Waals surface area contributed by atoms with E-state index in [1.165, 1.54) is 0 Å². The second kappa shape index (κ2) is 6.55. The summed E-state index contributed by atoms with van der Waals surface area (Å²) in [6.45, 7) is 7.42. The van der Waals surface area contributed by atoms with Gasteiger partial charge in [0.15, 0.2) is 0 Å². The molecule has 1 aromatic heterocycles. The number of benzene rings is 1. The molecule has 0 aliphatic rings. The maximum Gasteiger partial charge on any atom is 0.329 e. The summed E-state index contributed by atoms with van der Waals surface area (Å²) in [7, 11) is 0. The van der Waals surface area contributed by atoms with Crippen molar-refractivity contribution in [3.63, 3.8) is 0 Å². The van der Waals surface area contributed by atoms with Gasteiger partial charge in [0.25, 0.3) is 0 Å². The normalized spacial score (nSPS) is 12.7. The number of aromatic nitrogens is 4. The van der Waals surface area contributed by atoms with Crippen LogP contribution >= 0.6 is 0 Å². The lowest BCUT2D eigenvalue weighted by molar-refractivity contribution is -0.155. The zero-order valence-corrected chi connectivity index (χ0v) is 13.3. The highest BCUT2D eigenvalue weighted by Crippen LogP contribution is 2.15. The van der Waals surface area contributed by atoms with E-state index in [0.29, 0.717) is 12.4 Å². The van der Waals surface area contributed by atoms with Crippen molar-refractivity contribution in [2.75, 3.05) is 5.32 Å². The fraction of sp³-hybridized carbons (Fsp3) is 0.467. The molecule has 1 heterocycles. The predicted molar refractivity (Wildman–Crippen MR) is 82.7 cm³/mol. The molecule has 0 saturated heterocycles. The first-order valence-corrected chi connectivity index (χ1v) is 7.24. The Hall–Kier alpha value is -2.44. The molecule has 1 aromatic carbocycles. The number of rotatable bonds is 5. The molecule has 0 spiro atoms. The standard InChI is InChI=1S/C15H21N5O2/c1-5-12(13(21)22-15(2,3)4)16-14-17-18-19-20(14)11-9-7-6-8-10-11/h6-10,12H,5H2,1-4H3,(H,16,17,19). The molecule has 22 heavy (non-hydrogen) atoms. The fourth-order valence-electron chi connectivity index (χ4n) is 1.88. The van der Waals surface area contributed by atoms with Crippen LogP contribution in [0.25, 0.3) is 5.69 Å². The summed E-state index contributed by atoms with van der Waals surface area (Å²) in [5.74, 6) is 0.0847. The van der Waals surface area contributed by atoms with Gasteiger partial charge < -0.3 is 10.1 Å². The number of hydrogen-bond acceptors (Lipinski definition) is 6. The molecule has 0 amide bonds. The van der Waals surface area contributed by atoms with Crippen molar-refractivity contribution in [2.45, 2.75) is 45.8 Å². The molecule has 1 unspecified atom stereocenters. The molecule has 118 valence electrons. The number of nitrogens with zero attached hydrogens (tertiary/aromatic N) is 4. The first-order chi connectivity index (χ1) is 10.4. The van der Waals surface area contributed by atoms with Crippen molar-refractivity contribution in [3.8, 4) is 5.69 Å². The lowest BCUT2D eigenvalue weighted by Gasteiger charge is -2.24. The maximum absolute atomic E-state index is 12.2. The van der Waals surface area contributed by atoms with E-state index in [9.17, 15) is 4.79 Å². The van der Waals surface area contributed by atoms with Gasteiger partial charge in [-0.15, -0.1) is 0 Å². The molecular formula is C15H21N5O2. The van der Waals surface area contributed by atoms with Crippen LogP contribution in [-0.2, 0) is 9.53 Å². The Balaban J connectivity index is 2.16. The summed E-state index contributed by atoms with van der Waals surface area (Å²) in [6.07, 6.45) is 0.566. The zero-order valence-electron chi connectivity index (χ0n) is 13.3. The molecule has 7 heteroatoms. The minimum absolute atomic E-state index is 0.322. The van der Waals surface area contributed by atoms with Gasteiger partial charge in [-0.25, -0.2) is 4.79 Å². The van der Waals surface area contributed by atoms with Crippen LogP contribution in [0, 0.1) is 0 Å². The lowest BCUT2D eigenvalue weighted by Crippen LogP contribution is -2.36. The molecule has 0 aliphatic carbocycles. The molecule has 0 bridgehead atoms. The second-order valence-corrected chi connectivity index (χ2v) is 5.89. The van der Waals surface area contributed by atoms with E-state index in [4.69, 9.17) is 4.74 Å². The predicted octanol–water partition coefficient (Wildman–Crippen LogP) is 2.19. The van der Waals surface area contributed by atoms with Crippen molar-refractivity contribution < 1.29 is 9.53 Å². The van der Waals surface area contributed by atoms with E-state index >= 15 is 0 Å². The van der Waals surface area contributed by atoms with Crippen LogP contribution in [0.3, 0.4) is 0 Å². The SMILES string of the molecule is CCC(Nc1nnnn1-c1ccccc1)C(=O)OC(C)(C)C. The number of ether oxygens (including phenoxy) is 1. The largest absolute Gasteiger partial charge is 0.458 e. The molecule has 0 radical (unpaired) electrons. The van der Waals surface area contributed by atoms with E-state index in [2.05, 4.69) is 20.8 Å². The Labute approximate surface area is 129 Å². The number of hydrogen-bond donors (Lipinski definition) is 1. The van der Waals surface area contributed by atoms with E-state index in [0.717, 1.165) is 5.69 Å². The van der Waals surface area contributed by atoms with Crippen molar-refractivity contribution >= 4 is 11.9 Å². The summed E-state index contributed by atoms with van der Waals surface area (Å²) < 4.78 is 6.95. The van der Waals surface area contributed by atoms with Crippen molar-refractivity contribution in [2.24, 2.45) is 0 Å². The smallest absolute Gasteiger partial charge is 0.329 e. The Morgan fingerprint density at radius 3 is 2.59 bits per heavy atom. The van der Waals surface area contributed by atoms with Gasteiger partial charge >= 0.3 is 5.97 Å². The summed E-state index contributed by atoms with van der Waals surface area (Å²) in [5.41, 5.74) is 0.284. The summed E-state index contributed by atoms with van der Waals surface area (Å²) >= 11 is 0. The average molecular weight is 303 g/mol. The monoisotopic (exact) mass is 303 g/mol. The quantitative estimate of drug-likeness (QED) is 0.853. The van der Waals surface area contributed by atoms with E-state index in [-0.39, 0.29) is 5.97 Å². The van der Waals surface area contributed by atoms with Crippen LogP contribution in [0.15, 0.2) is 30.3 Å². The third-order valence-electron chi connectivity index (χ3n) is 2.87. The van der Waals surface area contributed by atoms with Crippen LogP contribution < -0.4 is 5.32 Å². The number of esters is 1. The number of anilines is 1. The van der Waals surface area contributed by atoms with Gasteiger partial charge in [0.05, 0.1) is 5.69 Å². The molecule has 0 fully saturated rings. The number of carbonyl (C=O) groups excluding carboxylic acids is 1. The fourth-order valence-corrected chi connectivity index (χ4v) is 1.88. The van der Waals surface area contributed by atoms with Gasteiger partial charge in [-0.2, -0.15) is 4.68 Å². The Morgan fingerprint density at radius 2 is 2.00 bits per heavy atom. The first-order valence-electron chi connectivity index (χ1n) is 7.24. The topological polar surface area (TPSA) is 81.9 Å². The van der Waals surface area contributed by atoms with Crippen LogP contribution in [0.1, 0.15) is 34.1 Å². The molecule has 0 saturated carbocycles. The second-order valence-electron chi connectivity index (χ2n) is 5.89.